The number of benzene rings is 6. The van der Waals surface area contributed by atoms with Gasteiger partial charge in [-0.05, 0) is 78.5 Å². The molecule has 0 heterocycles. The lowest BCUT2D eigenvalue weighted by Gasteiger charge is -2.22. The lowest BCUT2D eigenvalue weighted by atomic mass is 9.80. The first-order chi connectivity index (χ1) is 18.9. The summed E-state index contributed by atoms with van der Waals surface area (Å²) in [6.07, 6.45) is 6.28. The van der Waals surface area contributed by atoms with Crippen molar-refractivity contribution in [1.29, 1.82) is 0 Å². The van der Waals surface area contributed by atoms with Gasteiger partial charge < -0.3 is 0 Å². The first-order valence-corrected chi connectivity index (χ1v) is 13.3. The summed E-state index contributed by atoms with van der Waals surface area (Å²) in [5.41, 5.74) is 12.9. The number of allylic oxidation sites excluding steroid dienone is 1. The number of hydrogen-bond acceptors (Lipinski definition) is 0. The Bertz CT molecular complexity index is 1950. The van der Waals surface area contributed by atoms with Gasteiger partial charge in [0.25, 0.3) is 0 Å². The second-order valence-electron chi connectivity index (χ2n) is 10.2. The summed E-state index contributed by atoms with van der Waals surface area (Å²) in [5.74, 6) is 7.12. The Kier molecular flexibility index (Phi) is 4.66. The predicted octanol–water partition coefficient (Wildman–Crippen LogP) is 9.47. The molecule has 0 unspecified atom stereocenters. The van der Waals surface area contributed by atoms with Gasteiger partial charge >= 0.3 is 0 Å². The van der Waals surface area contributed by atoms with Crippen molar-refractivity contribution in [3.8, 4) is 45.2 Å². The van der Waals surface area contributed by atoms with E-state index < -0.39 is 0 Å². The zero-order valence-corrected chi connectivity index (χ0v) is 21.0. The quantitative estimate of drug-likeness (QED) is 0.171. The maximum absolute atomic E-state index is 3.63. The number of rotatable bonds is 2. The minimum Gasteiger partial charge on any atom is -0.0930 e. The standard InChI is InChI=1S/C38H24/c1-2-13-26(14-3-1)36-31-18-6-8-20-33(31)38(34-21-9-7-19-32(34)36)35-24-27-16-11-22-28(27)30-23-10-15-25-12-4-5-17-29(25)37(30)35/h1-9,11-14,16-21,24H,15,22H2. The molecule has 0 amide bonds. The third kappa shape index (κ3) is 3.06. The molecule has 8 rings (SSSR count). The molecule has 0 nitrogen and oxygen atoms in total. The summed E-state index contributed by atoms with van der Waals surface area (Å²) < 4.78 is 0. The van der Waals surface area contributed by atoms with Crippen molar-refractivity contribution in [3.05, 3.63) is 138 Å². The number of hydrogen-bond donors (Lipinski definition) is 0. The molecule has 0 spiro atoms. The fourth-order valence-corrected chi connectivity index (χ4v) is 6.51. The Balaban J connectivity index is 1.59. The molecule has 0 N–H and O–H groups in total. The molecule has 0 bridgehead atoms. The van der Waals surface area contributed by atoms with Crippen LogP contribution in [0.2, 0.25) is 0 Å². The SMILES string of the molecule is C1#Cc2c3c(cc(-c4c5ccccc5c(-c5ccccc5)c5ccccc45)c2-c2ccccc2C1)C=CC3. The van der Waals surface area contributed by atoms with Crippen molar-refractivity contribution in [1.82, 2.24) is 0 Å². The highest BCUT2D eigenvalue weighted by Crippen LogP contribution is 2.49. The molecule has 176 valence electrons. The molecule has 38 heavy (non-hydrogen) atoms. The van der Waals surface area contributed by atoms with Crippen molar-refractivity contribution < 1.29 is 0 Å². The molecule has 2 aliphatic carbocycles. The molecule has 6 aromatic carbocycles. The Morgan fingerprint density at radius 1 is 0.553 bits per heavy atom. The van der Waals surface area contributed by atoms with E-state index in [9.17, 15) is 0 Å². The Morgan fingerprint density at radius 2 is 1.18 bits per heavy atom. The highest BCUT2D eigenvalue weighted by Gasteiger charge is 2.25. The molecular formula is C38H24. The van der Waals surface area contributed by atoms with Gasteiger partial charge in [-0.2, -0.15) is 0 Å². The van der Waals surface area contributed by atoms with Crippen molar-refractivity contribution >= 4 is 27.6 Å². The van der Waals surface area contributed by atoms with E-state index in [-0.39, 0.29) is 0 Å². The average molecular weight is 481 g/mol. The molecule has 0 aliphatic heterocycles. The third-order valence-electron chi connectivity index (χ3n) is 8.13. The van der Waals surface area contributed by atoms with E-state index >= 15 is 0 Å². The van der Waals surface area contributed by atoms with Crippen LogP contribution in [0, 0.1) is 11.8 Å². The zero-order valence-electron chi connectivity index (χ0n) is 21.0. The van der Waals surface area contributed by atoms with Gasteiger partial charge in [0.2, 0.25) is 0 Å². The first-order valence-electron chi connectivity index (χ1n) is 13.3. The van der Waals surface area contributed by atoms with E-state index in [1.165, 1.54) is 77.2 Å². The maximum Gasteiger partial charge on any atom is 0.0371 e. The van der Waals surface area contributed by atoms with Crippen molar-refractivity contribution in [2.45, 2.75) is 12.8 Å². The minimum absolute atomic E-state index is 0.779. The van der Waals surface area contributed by atoms with Crippen molar-refractivity contribution in [2.75, 3.05) is 0 Å². The van der Waals surface area contributed by atoms with Crippen LogP contribution in [-0.4, -0.2) is 0 Å². The highest BCUT2D eigenvalue weighted by molar-refractivity contribution is 6.22. The summed E-state index contributed by atoms with van der Waals surface area (Å²) >= 11 is 0. The largest absolute Gasteiger partial charge is 0.0930 e. The molecule has 0 atom stereocenters. The van der Waals surface area contributed by atoms with Crippen LogP contribution in [0.15, 0.2) is 115 Å². The zero-order chi connectivity index (χ0) is 25.1. The monoisotopic (exact) mass is 480 g/mol. The van der Waals surface area contributed by atoms with E-state index in [2.05, 4.69) is 133 Å². The summed E-state index contributed by atoms with van der Waals surface area (Å²) in [4.78, 5) is 0. The molecule has 0 fully saturated rings. The predicted molar refractivity (Wildman–Crippen MR) is 161 cm³/mol. The van der Waals surface area contributed by atoms with Crippen molar-refractivity contribution in [2.24, 2.45) is 0 Å². The maximum atomic E-state index is 3.63. The summed E-state index contributed by atoms with van der Waals surface area (Å²) in [5, 5.41) is 5.13. The van der Waals surface area contributed by atoms with E-state index in [1.54, 1.807) is 0 Å². The van der Waals surface area contributed by atoms with Crippen LogP contribution < -0.4 is 0 Å². The highest BCUT2D eigenvalue weighted by atomic mass is 14.3. The van der Waals surface area contributed by atoms with Crippen LogP contribution in [-0.2, 0) is 12.8 Å². The molecule has 0 radical (unpaired) electrons. The van der Waals surface area contributed by atoms with E-state index in [1.807, 2.05) is 0 Å². The lowest BCUT2D eigenvalue weighted by Crippen LogP contribution is -1.99. The number of fused-ring (bicyclic) bond motifs is 7. The molecule has 2 aliphatic rings. The van der Waals surface area contributed by atoms with Gasteiger partial charge in [-0.3, -0.25) is 0 Å². The Hall–Kier alpha value is -4.86. The van der Waals surface area contributed by atoms with Crippen LogP contribution in [0.3, 0.4) is 0 Å². The molecule has 0 saturated heterocycles. The van der Waals surface area contributed by atoms with Crippen LogP contribution >= 0.6 is 0 Å². The van der Waals surface area contributed by atoms with Crippen LogP contribution in [0.1, 0.15) is 22.3 Å². The van der Waals surface area contributed by atoms with Gasteiger partial charge in [0.15, 0.2) is 0 Å². The van der Waals surface area contributed by atoms with Gasteiger partial charge in [0.1, 0.15) is 0 Å². The topological polar surface area (TPSA) is 0 Å². The lowest BCUT2D eigenvalue weighted by molar-refractivity contribution is 1.29. The van der Waals surface area contributed by atoms with Crippen LogP contribution in [0.25, 0.3) is 61.0 Å². The van der Waals surface area contributed by atoms with E-state index in [0.29, 0.717) is 0 Å². The Labute approximate surface area is 222 Å². The Morgan fingerprint density at radius 3 is 1.92 bits per heavy atom. The smallest absolute Gasteiger partial charge is 0.0371 e. The third-order valence-corrected chi connectivity index (χ3v) is 8.13. The van der Waals surface area contributed by atoms with Gasteiger partial charge in [-0.25, -0.2) is 0 Å². The van der Waals surface area contributed by atoms with Gasteiger partial charge in [0, 0.05) is 17.5 Å². The molecule has 0 aromatic heterocycles. The summed E-state index contributed by atoms with van der Waals surface area (Å²) in [6, 6.07) is 39.9. The molecular weight excluding hydrogens is 456 g/mol. The molecule has 0 saturated carbocycles. The first kappa shape index (κ1) is 21.2. The van der Waals surface area contributed by atoms with Gasteiger partial charge in [-0.15, -0.1) is 0 Å². The summed E-state index contributed by atoms with van der Waals surface area (Å²) in [7, 11) is 0. The molecule has 6 aromatic rings. The van der Waals surface area contributed by atoms with Crippen molar-refractivity contribution in [3.63, 3.8) is 0 Å². The minimum atomic E-state index is 0.779. The summed E-state index contributed by atoms with van der Waals surface area (Å²) in [6.45, 7) is 0. The second kappa shape index (κ2) is 8.34. The fraction of sp³-hybridized carbons (Fsp3) is 0.0526. The van der Waals surface area contributed by atoms with Crippen LogP contribution in [0.4, 0.5) is 0 Å². The van der Waals surface area contributed by atoms with E-state index in [4.69, 9.17) is 0 Å². The van der Waals surface area contributed by atoms with Crippen LogP contribution in [0.5, 0.6) is 0 Å². The molecule has 0 heteroatoms. The fourth-order valence-electron chi connectivity index (χ4n) is 6.51. The second-order valence-corrected chi connectivity index (χ2v) is 10.2. The average Bonchev–Trinajstić information content (AvgIpc) is 3.36. The van der Waals surface area contributed by atoms with E-state index in [0.717, 1.165) is 12.8 Å². The van der Waals surface area contributed by atoms with Gasteiger partial charge in [0.05, 0.1) is 0 Å². The normalized spacial score (nSPS) is 12.9. The van der Waals surface area contributed by atoms with Gasteiger partial charge in [-0.1, -0.05) is 127 Å².